The number of esters is 1. The van der Waals surface area contributed by atoms with Gasteiger partial charge in [0.1, 0.15) is 15.8 Å². The average molecular weight is 483 g/mol. The number of halogens is 2. The molecule has 0 aliphatic carbocycles. The lowest BCUT2D eigenvalue weighted by molar-refractivity contribution is -0.131. The smallest absolute Gasteiger partial charge is 0.308 e. The van der Waals surface area contributed by atoms with Gasteiger partial charge in [-0.15, -0.1) is 0 Å². The third-order valence-electron chi connectivity index (χ3n) is 3.39. The minimum absolute atomic E-state index is 0.0891. The van der Waals surface area contributed by atoms with Gasteiger partial charge in [0.2, 0.25) is 5.12 Å². The van der Waals surface area contributed by atoms with Gasteiger partial charge in [-0.05, 0) is 69.2 Å². The zero-order valence-electron chi connectivity index (χ0n) is 14.1. The Morgan fingerprint density at radius 3 is 2.70 bits per heavy atom. The summed E-state index contributed by atoms with van der Waals surface area (Å²) in [5, 5.41) is 0.608. The number of hydrogen-bond donors (Lipinski definition) is 0. The molecule has 0 fully saturated rings. The summed E-state index contributed by atoms with van der Waals surface area (Å²) in [5.74, 6) is 0.752. The number of carbonyl (C=O) groups is 2. The first-order chi connectivity index (χ1) is 12.9. The van der Waals surface area contributed by atoms with Crippen LogP contribution < -0.4 is 4.74 Å². The first-order valence-corrected chi connectivity index (χ1v) is 10.8. The van der Waals surface area contributed by atoms with Crippen LogP contribution in [0.4, 0.5) is 0 Å². The third kappa shape index (κ3) is 5.72. The van der Waals surface area contributed by atoms with E-state index in [9.17, 15) is 9.59 Å². The van der Waals surface area contributed by atoms with Gasteiger partial charge in [-0.3, -0.25) is 9.59 Å². The molecule has 1 aliphatic heterocycles. The number of rotatable bonds is 4. The van der Waals surface area contributed by atoms with Crippen molar-refractivity contribution in [2.75, 3.05) is 0 Å². The maximum absolute atomic E-state index is 12.2. The first kappa shape index (κ1) is 20.2. The van der Waals surface area contributed by atoms with Gasteiger partial charge in [0.15, 0.2) is 0 Å². The molecule has 0 saturated carbocycles. The molecule has 0 spiro atoms. The van der Waals surface area contributed by atoms with E-state index in [2.05, 4.69) is 20.9 Å². The van der Waals surface area contributed by atoms with Gasteiger partial charge in [-0.2, -0.15) is 0 Å². The van der Waals surface area contributed by atoms with Crippen molar-refractivity contribution in [2.24, 2.45) is 4.99 Å². The Bertz CT molecular complexity index is 958. The second-order valence-electron chi connectivity index (χ2n) is 5.50. The van der Waals surface area contributed by atoms with E-state index < -0.39 is 5.97 Å². The third-order valence-corrected chi connectivity index (χ3v) is 6.34. The molecule has 4 nitrogen and oxygen atoms in total. The molecule has 27 heavy (non-hydrogen) atoms. The quantitative estimate of drug-likeness (QED) is 0.307. The molecular weight excluding hydrogens is 470 g/mol. The summed E-state index contributed by atoms with van der Waals surface area (Å²) in [6.45, 7) is 1.34. The highest BCUT2D eigenvalue weighted by Crippen LogP contribution is 2.34. The van der Waals surface area contributed by atoms with Crippen molar-refractivity contribution in [2.45, 2.75) is 12.7 Å². The maximum atomic E-state index is 12.2. The number of ether oxygens (including phenoxy) is 1. The normalized spacial score (nSPS) is 15.1. The van der Waals surface area contributed by atoms with Crippen LogP contribution in [-0.4, -0.2) is 15.5 Å². The lowest BCUT2D eigenvalue weighted by atomic mass is 10.2. The Hall–Kier alpha value is -1.54. The maximum Gasteiger partial charge on any atom is 0.308 e. The average Bonchev–Trinajstić information content (AvgIpc) is 2.96. The number of nitrogens with zero attached hydrogens (tertiary/aromatic N) is 1. The van der Waals surface area contributed by atoms with Gasteiger partial charge >= 0.3 is 5.97 Å². The van der Waals surface area contributed by atoms with Gasteiger partial charge in [-0.1, -0.05) is 41.6 Å². The van der Waals surface area contributed by atoms with Crippen molar-refractivity contribution in [1.29, 1.82) is 0 Å². The number of carbonyl (C=O) groups excluding carboxylic acids is 2. The zero-order chi connectivity index (χ0) is 19.4. The number of thioether (sulfide) groups is 2. The molecule has 0 radical (unpaired) electrons. The summed E-state index contributed by atoms with van der Waals surface area (Å²) in [6.07, 6.45) is 1.72. The van der Waals surface area contributed by atoms with Crippen LogP contribution in [-0.2, 0) is 15.3 Å². The minimum atomic E-state index is -0.392. The molecule has 0 bridgehead atoms. The van der Waals surface area contributed by atoms with Crippen molar-refractivity contribution in [1.82, 2.24) is 0 Å². The van der Waals surface area contributed by atoms with Crippen molar-refractivity contribution in [3.05, 3.63) is 68.8 Å². The molecule has 2 aromatic rings. The van der Waals surface area contributed by atoms with Gasteiger partial charge < -0.3 is 4.74 Å². The Balaban J connectivity index is 1.70. The van der Waals surface area contributed by atoms with Gasteiger partial charge in [0, 0.05) is 17.7 Å². The molecule has 1 aliphatic rings. The highest BCUT2D eigenvalue weighted by atomic mass is 79.9. The van der Waals surface area contributed by atoms with Crippen LogP contribution in [0.3, 0.4) is 0 Å². The topological polar surface area (TPSA) is 55.7 Å². The van der Waals surface area contributed by atoms with Crippen molar-refractivity contribution in [3.63, 3.8) is 0 Å². The van der Waals surface area contributed by atoms with Gasteiger partial charge in [0.05, 0.1) is 4.47 Å². The zero-order valence-corrected chi connectivity index (χ0v) is 18.0. The van der Waals surface area contributed by atoms with E-state index in [1.807, 2.05) is 24.3 Å². The van der Waals surface area contributed by atoms with E-state index in [-0.39, 0.29) is 5.12 Å². The van der Waals surface area contributed by atoms with E-state index in [0.717, 1.165) is 27.3 Å². The van der Waals surface area contributed by atoms with Crippen LogP contribution in [0.1, 0.15) is 18.1 Å². The molecule has 0 N–H and O–H groups in total. The molecule has 0 saturated heterocycles. The van der Waals surface area contributed by atoms with E-state index in [0.29, 0.717) is 26.7 Å². The van der Waals surface area contributed by atoms with Crippen molar-refractivity contribution >= 4 is 72.6 Å². The fourth-order valence-corrected chi connectivity index (χ4v) is 4.58. The van der Waals surface area contributed by atoms with Crippen molar-refractivity contribution < 1.29 is 14.3 Å². The Kier molecular flexibility index (Phi) is 6.81. The Morgan fingerprint density at radius 1 is 1.30 bits per heavy atom. The monoisotopic (exact) mass is 481 g/mol. The van der Waals surface area contributed by atoms with E-state index >= 15 is 0 Å². The fourth-order valence-electron chi connectivity index (χ4n) is 2.18. The molecule has 0 atom stereocenters. The van der Waals surface area contributed by atoms with Crippen molar-refractivity contribution in [3.8, 4) is 5.75 Å². The number of aliphatic imine (C=N–C) groups is 1. The predicted molar refractivity (Wildman–Crippen MR) is 116 cm³/mol. The van der Waals surface area contributed by atoms with Crippen LogP contribution >= 0.6 is 51.1 Å². The van der Waals surface area contributed by atoms with Crippen LogP contribution in [0.2, 0.25) is 5.02 Å². The molecule has 0 unspecified atom stereocenters. The molecule has 2 aromatic carbocycles. The SMILES string of the molecule is CC(=O)Oc1ccc(C=C2N=C(SCc3ccc(Cl)cc3)SC2=O)cc1Br. The van der Waals surface area contributed by atoms with Crippen LogP contribution in [0, 0.1) is 0 Å². The minimum Gasteiger partial charge on any atom is -0.426 e. The predicted octanol–water partition coefficient (Wildman–Crippen LogP) is 5.93. The van der Waals surface area contributed by atoms with Crippen LogP contribution in [0.15, 0.2) is 57.6 Å². The molecular formula is C19H13BrClNO3S2. The van der Waals surface area contributed by atoms with Crippen LogP contribution in [0.5, 0.6) is 5.75 Å². The second-order valence-corrected chi connectivity index (χ2v) is 8.97. The molecule has 0 amide bonds. The number of hydrogen-bond acceptors (Lipinski definition) is 6. The highest BCUT2D eigenvalue weighted by Gasteiger charge is 2.22. The van der Waals surface area contributed by atoms with E-state index in [1.165, 1.54) is 18.7 Å². The molecule has 8 heteroatoms. The van der Waals surface area contributed by atoms with Gasteiger partial charge in [-0.25, -0.2) is 4.99 Å². The standard InChI is InChI=1S/C19H13BrClNO3S2/c1-11(23)25-17-7-4-13(8-15(17)20)9-16-18(24)27-19(22-16)26-10-12-2-5-14(21)6-3-12/h2-9H,10H2,1H3. The second kappa shape index (κ2) is 9.10. The first-order valence-electron chi connectivity index (χ1n) is 7.78. The summed E-state index contributed by atoms with van der Waals surface area (Å²) in [6, 6.07) is 12.8. The highest BCUT2D eigenvalue weighted by molar-refractivity contribution is 9.10. The Morgan fingerprint density at radius 2 is 2.04 bits per heavy atom. The molecule has 3 rings (SSSR count). The number of benzene rings is 2. The summed E-state index contributed by atoms with van der Waals surface area (Å²) in [4.78, 5) is 27.7. The molecule has 138 valence electrons. The molecule has 0 aromatic heterocycles. The summed E-state index contributed by atoms with van der Waals surface area (Å²) in [5.41, 5.74) is 2.29. The van der Waals surface area contributed by atoms with E-state index in [4.69, 9.17) is 16.3 Å². The summed E-state index contributed by atoms with van der Waals surface area (Å²) in [7, 11) is 0. The van der Waals surface area contributed by atoms with Crippen LogP contribution in [0.25, 0.3) is 6.08 Å². The van der Waals surface area contributed by atoms with Gasteiger partial charge in [0.25, 0.3) is 0 Å². The summed E-state index contributed by atoms with van der Waals surface area (Å²) >= 11 is 11.9. The molecule has 1 heterocycles. The fraction of sp³-hybridized carbons (Fsp3) is 0.105. The lowest BCUT2D eigenvalue weighted by Gasteiger charge is -2.04. The largest absolute Gasteiger partial charge is 0.426 e. The summed E-state index contributed by atoms with van der Waals surface area (Å²) < 4.78 is 6.42. The lowest BCUT2D eigenvalue weighted by Crippen LogP contribution is -2.01. The van der Waals surface area contributed by atoms with E-state index in [1.54, 1.807) is 24.3 Å². The Labute approximate surface area is 178 Å².